The lowest BCUT2D eigenvalue weighted by Gasteiger charge is -2.38. The van der Waals surface area contributed by atoms with Crippen LogP contribution in [0.3, 0.4) is 0 Å². The number of aromatic nitrogens is 2. The number of amides is 3. The number of piperidine rings is 1. The fourth-order valence-electron chi connectivity index (χ4n) is 5.24. The van der Waals surface area contributed by atoms with E-state index in [1.807, 2.05) is 23.1 Å². The number of carbonyl (C=O) groups excluding carboxylic acids is 2. The van der Waals surface area contributed by atoms with Crippen molar-refractivity contribution in [1.29, 1.82) is 0 Å². The number of rotatable bonds is 5. The summed E-state index contributed by atoms with van der Waals surface area (Å²) in [4.78, 5) is 46.3. The van der Waals surface area contributed by atoms with Gasteiger partial charge in [-0.3, -0.25) is 9.59 Å². The van der Waals surface area contributed by atoms with Crippen LogP contribution in [0, 0.1) is 6.92 Å². The molecule has 36 heavy (non-hydrogen) atoms. The summed E-state index contributed by atoms with van der Waals surface area (Å²) in [5.41, 5.74) is 4.23. The van der Waals surface area contributed by atoms with Gasteiger partial charge in [0.15, 0.2) is 0 Å². The van der Waals surface area contributed by atoms with Crippen LogP contribution in [-0.4, -0.2) is 70.1 Å². The number of fused-ring (bicyclic) bond motifs is 2. The van der Waals surface area contributed by atoms with Crippen molar-refractivity contribution in [2.45, 2.75) is 32.2 Å². The molecule has 0 radical (unpaired) electrons. The van der Waals surface area contributed by atoms with Gasteiger partial charge in [0.05, 0.1) is 11.0 Å². The zero-order chi connectivity index (χ0) is 25.2. The van der Waals surface area contributed by atoms with Gasteiger partial charge in [-0.25, -0.2) is 9.78 Å². The van der Waals surface area contributed by atoms with E-state index in [9.17, 15) is 14.4 Å². The number of hydrogen-bond acceptors (Lipinski definition) is 5. The van der Waals surface area contributed by atoms with E-state index in [1.165, 1.54) is 5.56 Å². The van der Waals surface area contributed by atoms with Crippen molar-refractivity contribution in [1.82, 2.24) is 24.7 Å². The van der Waals surface area contributed by atoms with Crippen LogP contribution < -0.4 is 16.2 Å². The van der Waals surface area contributed by atoms with Gasteiger partial charge in [-0.15, -0.1) is 0 Å². The molecule has 188 valence electrons. The summed E-state index contributed by atoms with van der Waals surface area (Å²) in [6.45, 7) is 5.50. The Morgan fingerprint density at radius 1 is 1.11 bits per heavy atom. The summed E-state index contributed by atoms with van der Waals surface area (Å²) in [5, 5.41) is 6.07. The molecule has 0 unspecified atom stereocenters. The van der Waals surface area contributed by atoms with E-state index in [0.29, 0.717) is 28.8 Å². The third-order valence-corrected chi connectivity index (χ3v) is 7.35. The Labute approximate surface area is 210 Å². The minimum Gasteiger partial charge on any atom is -0.351 e. The summed E-state index contributed by atoms with van der Waals surface area (Å²) in [7, 11) is 1.71. The van der Waals surface area contributed by atoms with Gasteiger partial charge >= 0.3 is 6.03 Å². The number of aryl methyl sites for hydroxylation is 2. The maximum atomic E-state index is 12.8. The van der Waals surface area contributed by atoms with E-state index in [0.717, 1.165) is 51.1 Å². The maximum absolute atomic E-state index is 12.8. The highest BCUT2D eigenvalue weighted by Gasteiger charge is 2.29. The Balaban J connectivity index is 1.11. The topological polar surface area (TPSA) is 99.6 Å². The van der Waals surface area contributed by atoms with Crippen molar-refractivity contribution in [3.63, 3.8) is 0 Å². The van der Waals surface area contributed by atoms with Crippen LogP contribution in [0.15, 0.2) is 47.3 Å². The van der Waals surface area contributed by atoms with Crippen molar-refractivity contribution < 1.29 is 9.59 Å². The van der Waals surface area contributed by atoms with Crippen LogP contribution in [0.25, 0.3) is 11.0 Å². The van der Waals surface area contributed by atoms with Gasteiger partial charge in [-0.05, 0) is 56.0 Å². The molecule has 1 fully saturated rings. The van der Waals surface area contributed by atoms with Crippen LogP contribution in [0.5, 0.6) is 0 Å². The molecule has 0 aliphatic carbocycles. The van der Waals surface area contributed by atoms with Crippen molar-refractivity contribution in [2.75, 3.05) is 38.0 Å². The van der Waals surface area contributed by atoms with Crippen LogP contribution in [0.2, 0.25) is 0 Å². The molecule has 2 aliphatic rings. The zero-order valence-electron chi connectivity index (χ0n) is 20.8. The first kappa shape index (κ1) is 24.0. The number of hydrogen-bond donors (Lipinski definition) is 2. The Hall–Kier alpha value is -3.72. The van der Waals surface area contributed by atoms with Gasteiger partial charge in [-0.1, -0.05) is 18.2 Å². The molecule has 2 aliphatic heterocycles. The summed E-state index contributed by atoms with van der Waals surface area (Å²) >= 11 is 0. The van der Waals surface area contributed by atoms with Gasteiger partial charge in [0, 0.05) is 57.1 Å². The summed E-state index contributed by atoms with van der Waals surface area (Å²) in [5.74, 6) is -0.152. The molecule has 0 bridgehead atoms. The molecule has 3 aromatic rings. The molecule has 3 heterocycles. The van der Waals surface area contributed by atoms with Crippen molar-refractivity contribution in [2.24, 2.45) is 7.05 Å². The number of urea groups is 1. The number of anilines is 1. The molecule has 5 rings (SSSR count). The predicted octanol–water partition coefficient (Wildman–Crippen LogP) is 2.53. The van der Waals surface area contributed by atoms with Crippen molar-refractivity contribution in [3.8, 4) is 0 Å². The molecular weight excluding hydrogens is 456 g/mol. The van der Waals surface area contributed by atoms with Gasteiger partial charge < -0.3 is 25.0 Å². The van der Waals surface area contributed by atoms with Gasteiger partial charge in [0.2, 0.25) is 0 Å². The molecule has 0 saturated carbocycles. The first-order valence-corrected chi connectivity index (χ1v) is 12.5. The largest absolute Gasteiger partial charge is 0.351 e. The normalized spacial score (nSPS) is 16.9. The van der Waals surface area contributed by atoms with Gasteiger partial charge in [-0.2, -0.15) is 0 Å². The maximum Gasteiger partial charge on any atom is 0.322 e. The summed E-state index contributed by atoms with van der Waals surface area (Å²) < 4.78 is 1.55. The SMILES string of the molecule is Cc1nc2cc(C(=O)NCCN3CCC(N4CCc5ccccc5NC4=O)CC3)ccc2n(C)c1=O. The molecule has 3 amide bonds. The first-order valence-electron chi connectivity index (χ1n) is 12.5. The highest BCUT2D eigenvalue weighted by molar-refractivity contribution is 5.97. The lowest BCUT2D eigenvalue weighted by Crippen LogP contribution is -2.49. The number of likely N-dealkylation sites (tertiary alicyclic amines) is 1. The Morgan fingerprint density at radius 2 is 1.89 bits per heavy atom. The molecule has 0 spiro atoms. The van der Waals surface area contributed by atoms with Crippen LogP contribution in [-0.2, 0) is 13.5 Å². The van der Waals surface area contributed by atoms with Crippen LogP contribution in [0.1, 0.15) is 34.5 Å². The Bertz CT molecular complexity index is 1360. The third-order valence-electron chi connectivity index (χ3n) is 7.35. The molecule has 1 saturated heterocycles. The molecule has 1 aromatic heterocycles. The van der Waals surface area contributed by atoms with E-state index < -0.39 is 0 Å². The van der Waals surface area contributed by atoms with Gasteiger partial charge in [0.25, 0.3) is 11.5 Å². The second-order valence-corrected chi connectivity index (χ2v) is 9.62. The van der Waals surface area contributed by atoms with E-state index in [-0.39, 0.29) is 23.5 Å². The number of nitrogens with one attached hydrogen (secondary N) is 2. The predicted molar refractivity (Wildman–Crippen MR) is 139 cm³/mol. The number of para-hydroxylation sites is 1. The highest BCUT2D eigenvalue weighted by Crippen LogP contribution is 2.24. The monoisotopic (exact) mass is 488 g/mol. The fourth-order valence-corrected chi connectivity index (χ4v) is 5.24. The minimum atomic E-state index is -0.152. The molecule has 9 heteroatoms. The summed E-state index contributed by atoms with van der Waals surface area (Å²) in [6.07, 6.45) is 2.71. The average Bonchev–Trinajstić information content (AvgIpc) is 3.05. The zero-order valence-corrected chi connectivity index (χ0v) is 20.8. The number of benzene rings is 2. The molecule has 2 N–H and O–H groups in total. The third kappa shape index (κ3) is 4.83. The smallest absolute Gasteiger partial charge is 0.322 e. The summed E-state index contributed by atoms with van der Waals surface area (Å²) in [6, 6.07) is 13.4. The van der Waals surface area contributed by atoms with E-state index >= 15 is 0 Å². The van der Waals surface area contributed by atoms with E-state index in [2.05, 4.69) is 26.6 Å². The number of carbonyl (C=O) groups is 2. The minimum absolute atomic E-state index is 0.00852. The lowest BCUT2D eigenvalue weighted by atomic mass is 10.0. The average molecular weight is 489 g/mol. The van der Waals surface area contributed by atoms with E-state index in [4.69, 9.17) is 0 Å². The molecule has 0 atom stereocenters. The van der Waals surface area contributed by atoms with Crippen molar-refractivity contribution >= 4 is 28.7 Å². The van der Waals surface area contributed by atoms with E-state index in [1.54, 1.807) is 36.7 Å². The number of nitrogens with zero attached hydrogens (tertiary/aromatic N) is 4. The molecule has 9 nitrogen and oxygen atoms in total. The van der Waals surface area contributed by atoms with Crippen molar-refractivity contribution in [3.05, 3.63) is 69.6 Å². The van der Waals surface area contributed by atoms with Gasteiger partial charge in [0.1, 0.15) is 5.69 Å². The quantitative estimate of drug-likeness (QED) is 0.575. The Morgan fingerprint density at radius 3 is 2.69 bits per heavy atom. The first-order chi connectivity index (χ1) is 17.4. The second kappa shape index (κ2) is 10.1. The molecule has 2 aromatic carbocycles. The molecular formula is C27H32N6O3. The Kier molecular flexibility index (Phi) is 6.73. The standard InChI is InChI=1S/C27H32N6O3/c1-18-26(35)31(2)24-8-7-20(17-23(24)29-18)25(34)28-12-16-32-13-10-21(11-14-32)33-15-9-19-5-3-4-6-22(19)30-27(33)36/h3-8,17,21H,9-16H2,1-2H3,(H,28,34)(H,30,36). The lowest BCUT2D eigenvalue weighted by molar-refractivity contribution is 0.0937. The highest BCUT2D eigenvalue weighted by atomic mass is 16.2. The second-order valence-electron chi connectivity index (χ2n) is 9.62. The van der Waals surface area contributed by atoms with Crippen LogP contribution >= 0.6 is 0 Å². The fraction of sp³-hybridized carbons (Fsp3) is 0.407. The van der Waals surface area contributed by atoms with Crippen LogP contribution in [0.4, 0.5) is 10.5 Å².